The summed E-state index contributed by atoms with van der Waals surface area (Å²) in [6.07, 6.45) is 4.28. The number of hydrogen-bond acceptors (Lipinski definition) is 3. The molecule has 4 nitrogen and oxygen atoms in total. The zero-order chi connectivity index (χ0) is 17.0. The molecular formula is C20H25N3O. The van der Waals surface area contributed by atoms with Gasteiger partial charge >= 0.3 is 0 Å². The van der Waals surface area contributed by atoms with Crippen molar-refractivity contribution in [3.8, 4) is 11.8 Å². The quantitative estimate of drug-likeness (QED) is 0.854. The van der Waals surface area contributed by atoms with Crippen LogP contribution in [-0.4, -0.2) is 38.9 Å². The summed E-state index contributed by atoms with van der Waals surface area (Å²) in [6, 6.07) is 10.4. The molecule has 0 spiro atoms. The first-order valence-electron chi connectivity index (χ1n) is 8.56. The van der Waals surface area contributed by atoms with E-state index in [1.54, 1.807) is 13.8 Å². The fourth-order valence-corrected chi connectivity index (χ4v) is 3.12. The average Bonchev–Trinajstić information content (AvgIpc) is 3.08. The summed E-state index contributed by atoms with van der Waals surface area (Å²) in [6.45, 7) is 6.57. The lowest BCUT2D eigenvalue weighted by Gasteiger charge is -2.32. The standard InChI is InChI=1S/C20H25N3O/c1-20(2,24)11-9-16-5-7-17(8-6-16)14-23-13-3-4-18(15-23)19-10-12-21-22-19/h5-8,10,12,18,24H,3-4,13-15H2,1-2H3,(H,21,22). The third-order valence-electron chi connectivity index (χ3n) is 4.34. The van der Waals surface area contributed by atoms with Gasteiger partial charge in [-0.1, -0.05) is 24.0 Å². The van der Waals surface area contributed by atoms with Gasteiger partial charge in [-0.3, -0.25) is 10.00 Å². The number of nitrogens with zero attached hydrogens (tertiary/aromatic N) is 2. The van der Waals surface area contributed by atoms with Gasteiger partial charge in [0.05, 0.1) is 0 Å². The van der Waals surface area contributed by atoms with Crippen molar-refractivity contribution in [1.29, 1.82) is 0 Å². The molecule has 2 N–H and O–H groups in total. The van der Waals surface area contributed by atoms with Gasteiger partial charge in [0.15, 0.2) is 0 Å². The van der Waals surface area contributed by atoms with Gasteiger partial charge in [-0.25, -0.2) is 0 Å². The van der Waals surface area contributed by atoms with E-state index in [0.717, 1.165) is 25.2 Å². The van der Waals surface area contributed by atoms with Gasteiger partial charge in [0.25, 0.3) is 0 Å². The number of nitrogens with one attached hydrogen (secondary N) is 1. The normalized spacial score (nSPS) is 18.9. The molecule has 0 aliphatic carbocycles. The molecule has 0 amide bonds. The van der Waals surface area contributed by atoms with Crippen LogP contribution < -0.4 is 0 Å². The second-order valence-electron chi connectivity index (χ2n) is 7.09. The first-order valence-corrected chi connectivity index (χ1v) is 8.56. The van der Waals surface area contributed by atoms with E-state index in [9.17, 15) is 5.11 Å². The molecule has 2 heterocycles. The molecule has 0 radical (unpaired) electrons. The minimum Gasteiger partial charge on any atom is -0.378 e. The highest BCUT2D eigenvalue weighted by atomic mass is 16.3. The summed E-state index contributed by atoms with van der Waals surface area (Å²) in [5, 5.41) is 16.9. The van der Waals surface area contributed by atoms with E-state index >= 15 is 0 Å². The molecule has 4 heteroatoms. The van der Waals surface area contributed by atoms with Crippen LogP contribution >= 0.6 is 0 Å². The molecule has 1 atom stereocenters. The minimum atomic E-state index is -0.950. The highest BCUT2D eigenvalue weighted by molar-refractivity contribution is 5.37. The number of aliphatic hydroxyl groups is 1. The Bertz CT molecular complexity index is 702. The van der Waals surface area contributed by atoms with Crippen LogP contribution in [0.4, 0.5) is 0 Å². The molecule has 24 heavy (non-hydrogen) atoms. The van der Waals surface area contributed by atoms with E-state index in [4.69, 9.17) is 0 Å². The van der Waals surface area contributed by atoms with E-state index < -0.39 is 5.60 Å². The average molecular weight is 323 g/mol. The summed E-state index contributed by atoms with van der Waals surface area (Å²) < 4.78 is 0. The lowest BCUT2D eigenvalue weighted by molar-refractivity contribution is 0.143. The Morgan fingerprint density at radius 2 is 2.08 bits per heavy atom. The molecule has 3 rings (SSSR count). The van der Waals surface area contributed by atoms with Crippen LogP contribution in [0.15, 0.2) is 36.5 Å². The molecule has 1 aromatic carbocycles. The minimum absolute atomic E-state index is 0.554. The number of piperidine rings is 1. The summed E-state index contributed by atoms with van der Waals surface area (Å²) in [7, 11) is 0. The molecule has 1 unspecified atom stereocenters. The van der Waals surface area contributed by atoms with Gasteiger partial charge in [0.1, 0.15) is 5.60 Å². The SMILES string of the molecule is CC(C)(O)C#Cc1ccc(CN2CCCC(c3ccn[nH]3)C2)cc1. The maximum absolute atomic E-state index is 9.67. The van der Waals surface area contributed by atoms with E-state index in [-0.39, 0.29) is 0 Å². The number of likely N-dealkylation sites (tertiary alicyclic amines) is 1. The third-order valence-corrected chi connectivity index (χ3v) is 4.34. The third kappa shape index (κ3) is 4.70. The Morgan fingerprint density at radius 3 is 2.75 bits per heavy atom. The predicted molar refractivity (Wildman–Crippen MR) is 95.5 cm³/mol. The maximum atomic E-state index is 9.67. The van der Waals surface area contributed by atoms with Crippen molar-refractivity contribution in [3.05, 3.63) is 53.3 Å². The summed E-state index contributed by atoms with van der Waals surface area (Å²) in [5.41, 5.74) is 2.54. The Balaban J connectivity index is 1.60. The summed E-state index contributed by atoms with van der Waals surface area (Å²) >= 11 is 0. The Kier molecular flexibility index (Phi) is 5.03. The summed E-state index contributed by atoms with van der Waals surface area (Å²) in [4.78, 5) is 2.51. The number of benzene rings is 1. The number of hydrogen-bond donors (Lipinski definition) is 2. The highest BCUT2D eigenvalue weighted by Gasteiger charge is 2.22. The molecular weight excluding hydrogens is 298 g/mol. The van der Waals surface area contributed by atoms with Crippen LogP contribution in [0.1, 0.15) is 49.4 Å². The number of H-pyrrole nitrogens is 1. The topological polar surface area (TPSA) is 52.1 Å². The van der Waals surface area contributed by atoms with Gasteiger partial charge in [-0.15, -0.1) is 0 Å². The fraction of sp³-hybridized carbons (Fsp3) is 0.450. The first-order chi connectivity index (χ1) is 11.5. The molecule has 1 saturated heterocycles. The largest absolute Gasteiger partial charge is 0.378 e. The van der Waals surface area contributed by atoms with E-state index in [0.29, 0.717) is 5.92 Å². The van der Waals surface area contributed by atoms with Gasteiger partial charge in [-0.2, -0.15) is 5.10 Å². The molecule has 126 valence electrons. The van der Waals surface area contributed by atoms with Crippen molar-refractivity contribution in [1.82, 2.24) is 15.1 Å². The number of aromatic amines is 1. The Labute approximate surface area is 143 Å². The van der Waals surface area contributed by atoms with Crippen LogP contribution in [0.3, 0.4) is 0 Å². The van der Waals surface area contributed by atoms with Crippen LogP contribution in [0, 0.1) is 11.8 Å². The van der Waals surface area contributed by atoms with Crippen molar-refractivity contribution >= 4 is 0 Å². The second-order valence-corrected chi connectivity index (χ2v) is 7.09. The monoisotopic (exact) mass is 323 g/mol. The molecule has 0 bridgehead atoms. The van der Waals surface area contributed by atoms with Crippen LogP contribution in [0.5, 0.6) is 0 Å². The molecule has 1 aliphatic heterocycles. The molecule has 0 saturated carbocycles. The second kappa shape index (κ2) is 7.21. The molecule has 1 aliphatic rings. The van der Waals surface area contributed by atoms with Gasteiger partial charge < -0.3 is 5.11 Å². The van der Waals surface area contributed by atoms with Crippen LogP contribution in [0.2, 0.25) is 0 Å². The molecule has 2 aromatic rings. The first kappa shape index (κ1) is 16.8. The number of aromatic nitrogens is 2. The number of rotatable bonds is 3. The van der Waals surface area contributed by atoms with Gasteiger partial charge in [-0.05, 0) is 57.0 Å². The zero-order valence-electron chi connectivity index (χ0n) is 14.4. The molecule has 1 aromatic heterocycles. The van der Waals surface area contributed by atoms with Crippen LogP contribution in [0.25, 0.3) is 0 Å². The zero-order valence-corrected chi connectivity index (χ0v) is 14.4. The lowest BCUT2D eigenvalue weighted by atomic mass is 9.94. The van der Waals surface area contributed by atoms with E-state index in [1.165, 1.54) is 24.1 Å². The van der Waals surface area contributed by atoms with Crippen molar-refractivity contribution in [3.63, 3.8) is 0 Å². The van der Waals surface area contributed by atoms with E-state index in [1.807, 2.05) is 18.3 Å². The van der Waals surface area contributed by atoms with Gasteiger partial charge in [0.2, 0.25) is 0 Å². The lowest BCUT2D eigenvalue weighted by Crippen LogP contribution is -2.34. The smallest absolute Gasteiger partial charge is 0.120 e. The molecule has 1 fully saturated rings. The highest BCUT2D eigenvalue weighted by Crippen LogP contribution is 2.26. The van der Waals surface area contributed by atoms with Crippen LogP contribution in [-0.2, 0) is 6.54 Å². The summed E-state index contributed by atoms with van der Waals surface area (Å²) in [5.74, 6) is 6.42. The van der Waals surface area contributed by atoms with Crippen molar-refractivity contribution in [2.75, 3.05) is 13.1 Å². The maximum Gasteiger partial charge on any atom is 0.120 e. The van der Waals surface area contributed by atoms with Crippen molar-refractivity contribution in [2.24, 2.45) is 0 Å². The Morgan fingerprint density at radius 1 is 1.29 bits per heavy atom. The van der Waals surface area contributed by atoms with E-state index in [2.05, 4.69) is 45.1 Å². The Hall–Kier alpha value is -2.09. The van der Waals surface area contributed by atoms with Crippen molar-refractivity contribution < 1.29 is 5.11 Å². The predicted octanol–water partition coefficient (Wildman–Crippen LogP) is 2.91. The van der Waals surface area contributed by atoms with Crippen molar-refractivity contribution in [2.45, 2.75) is 44.8 Å². The van der Waals surface area contributed by atoms with Gasteiger partial charge in [0, 0.05) is 36.5 Å². The fourth-order valence-electron chi connectivity index (χ4n) is 3.12.